The molecule has 0 radical (unpaired) electrons. The van der Waals surface area contributed by atoms with E-state index in [0.717, 1.165) is 0 Å². The number of hydroxylamine groups is 1. The van der Waals surface area contributed by atoms with Crippen LogP contribution in [-0.2, 0) is 6.54 Å². The Labute approximate surface area is 131 Å². The van der Waals surface area contributed by atoms with Gasteiger partial charge in [0.05, 0.1) is 23.8 Å². The van der Waals surface area contributed by atoms with Gasteiger partial charge in [-0.15, -0.1) is 0 Å². The molecule has 0 spiro atoms. The van der Waals surface area contributed by atoms with Gasteiger partial charge in [0.2, 0.25) is 0 Å². The van der Waals surface area contributed by atoms with E-state index >= 15 is 0 Å². The largest absolute Gasteiger partial charge is 0.402 e. The molecule has 23 heavy (non-hydrogen) atoms. The number of nitrogens with two attached hydrogens (primary N) is 1. The van der Waals surface area contributed by atoms with Gasteiger partial charge in [0.25, 0.3) is 11.5 Å². The number of aromatic nitrogens is 2. The average molecular weight is 315 g/mol. The van der Waals surface area contributed by atoms with Crippen LogP contribution in [0.4, 0.5) is 0 Å². The summed E-state index contributed by atoms with van der Waals surface area (Å²) < 4.78 is 1.42. The monoisotopic (exact) mass is 315 g/mol. The Hall–Kier alpha value is -3.00. The molecule has 1 aromatic carbocycles. The van der Waals surface area contributed by atoms with E-state index in [2.05, 4.69) is 9.98 Å². The molecule has 2 rings (SSSR count). The highest BCUT2D eigenvalue weighted by atomic mass is 16.5. The highest BCUT2D eigenvalue weighted by molar-refractivity contribution is 5.97. The molecule has 4 N–H and O–H groups in total. The zero-order valence-corrected chi connectivity index (χ0v) is 12.6. The van der Waals surface area contributed by atoms with Crippen LogP contribution >= 0.6 is 0 Å². The first-order valence-corrected chi connectivity index (χ1v) is 6.88. The van der Waals surface area contributed by atoms with Crippen LogP contribution in [0.1, 0.15) is 17.3 Å². The van der Waals surface area contributed by atoms with E-state index in [9.17, 15) is 9.59 Å². The fourth-order valence-corrected chi connectivity index (χ4v) is 1.93. The third-order valence-electron chi connectivity index (χ3n) is 3.10. The second kappa shape index (κ2) is 7.32. The number of nitrogens with one attached hydrogen (secondary N) is 1. The number of nitrogens with zero attached hydrogens (tertiary/aromatic N) is 3. The topological polar surface area (TPSA) is 123 Å². The number of benzene rings is 1. The Bertz CT molecular complexity index is 835. The molecule has 0 bridgehead atoms. The van der Waals surface area contributed by atoms with E-state index in [1.165, 1.54) is 28.5 Å². The van der Waals surface area contributed by atoms with Gasteiger partial charge in [0.1, 0.15) is 0 Å². The fourth-order valence-electron chi connectivity index (χ4n) is 1.93. The Morgan fingerprint density at radius 1 is 1.52 bits per heavy atom. The maximum absolute atomic E-state index is 12.4. The standard InChI is InChI=1S/C15H17N5O3/c1-10(16)4-5-17-6-7-20-9-18-13-3-2-11(14(21)19-23)8-12(13)15(20)22/h2-5,8-9,23H,6-7,16H2,1H3,(H,19,21). The molecule has 120 valence electrons. The van der Waals surface area contributed by atoms with Crippen molar-refractivity contribution in [2.45, 2.75) is 13.5 Å². The summed E-state index contributed by atoms with van der Waals surface area (Å²) in [6, 6.07) is 4.44. The lowest BCUT2D eigenvalue weighted by molar-refractivity contribution is 0.0706. The van der Waals surface area contributed by atoms with E-state index in [1.54, 1.807) is 25.3 Å². The van der Waals surface area contributed by atoms with Crippen LogP contribution in [0, 0.1) is 0 Å². The maximum Gasteiger partial charge on any atom is 0.274 e. The highest BCUT2D eigenvalue weighted by Crippen LogP contribution is 2.10. The molecule has 1 amide bonds. The summed E-state index contributed by atoms with van der Waals surface area (Å²) in [4.78, 5) is 32.1. The van der Waals surface area contributed by atoms with Crippen molar-refractivity contribution in [3.05, 3.63) is 52.2 Å². The van der Waals surface area contributed by atoms with Crippen molar-refractivity contribution >= 4 is 23.0 Å². The SMILES string of the molecule is CC(N)=CC=NCCn1cnc2ccc(C(=O)NO)cc2c1=O. The summed E-state index contributed by atoms with van der Waals surface area (Å²) in [5.74, 6) is -0.685. The fraction of sp³-hybridized carbons (Fsp3) is 0.200. The molecular weight excluding hydrogens is 298 g/mol. The third kappa shape index (κ3) is 4.01. The van der Waals surface area contributed by atoms with Gasteiger partial charge >= 0.3 is 0 Å². The van der Waals surface area contributed by atoms with Gasteiger partial charge in [-0.25, -0.2) is 10.5 Å². The first-order chi connectivity index (χ1) is 11.0. The normalized spacial score (nSPS) is 12.0. The van der Waals surface area contributed by atoms with Crippen molar-refractivity contribution in [3.8, 4) is 0 Å². The molecular formula is C15H17N5O3. The van der Waals surface area contributed by atoms with Crippen molar-refractivity contribution in [3.63, 3.8) is 0 Å². The summed E-state index contributed by atoms with van der Waals surface area (Å²) in [5.41, 5.74) is 8.04. The van der Waals surface area contributed by atoms with Crippen LogP contribution in [0.2, 0.25) is 0 Å². The molecule has 0 saturated carbocycles. The number of allylic oxidation sites excluding steroid dienone is 2. The van der Waals surface area contributed by atoms with Crippen LogP contribution in [0.15, 0.2) is 46.1 Å². The van der Waals surface area contributed by atoms with Gasteiger partial charge in [-0.05, 0) is 31.2 Å². The van der Waals surface area contributed by atoms with Crippen LogP contribution < -0.4 is 16.8 Å². The van der Waals surface area contributed by atoms with Gasteiger partial charge in [0.15, 0.2) is 0 Å². The van der Waals surface area contributed by atoms with E-state index in [0.29, 0.717) is 29.7 Å². The van der Waals surface area contributed by atoms with Gasteiger partial charge in [-0.1, -0.05) is 0 Å². The number of carbonyl (C=O) groups is 1. The Balaban J connectivity index is 2.26. The molecule has 0 aliphatic heterocycles. The number of amides is 1. The minimum Gasteiger partial charge on any atom is -0.402 e. The lowest BCUT2D eigenvalue weighted by Crippen LogP contribution is -2.23. The van der Waals surface area contributed by atoms with Crippen molar-refractivity contribution in [2.24, 2.45) is 10.7 Å². The molecule has 1 aromatic heterocycles. The second-order valence-corrected chi connectivity index (χ2v) is 4.88. The summed E-state index contributed by atoms with van der Waals surface area (Å²) in [5, 5.41) is 8.96. The highest BCUT2D eigenvalue weighted by Gasteiger charge is 2.09. The number of fused-ring (bicyclic) bond motifs is 1. The van der Waals surface area contributed by atoms with Crippen molar-refractivity contribution in [1.82, 2.24) is 15.0 Å². The van der Waals surface area contributed by atoms with Gasteiger partial charge in [-0.3, -0.25) is 24.4 Å². The van der Waals surface area contributed by atoms with Crippen molar-refractivity contribution in [2.75, 3.05) is 6.54 Å². The number of hydrogen-bond acceptors (Lipinski definition) is 6. The van der Waals surface area contributed by atoms with Gasteiger partial charge in [-0.2, -0.15) is 0 Å². The molecule has 0 aliphatic carbocycles. The predicted octanol–water partition coefficient (Wildman–Crippen LogP) is 0.449. The Morgan fingerprint density at radius 2 is 2.30 bits per heavy atom. The van der Waals surface area contributed by atoms with E-state index in [1.807, 2.05) is 0 Å². The van der Waals surface area contributed by atoms with Gasteiger partial charge in [0, 0.05) is 24.0 Å². The molecule has 8 heteroatoms. The average Bonchev–Trinajstić information content (AvgIpc) is 2.55. The van der Waals surface area contributed by atoms with E-state index in [4.69, 9.17) is 10.9 Å². The van der Waals surface area contributed by atoms with E-state index < -0.39 is 5.91 Å². The lowest BCUT2D eigenvalue weighted by Gasteiger charge is -2.06. The zero-order chi connectivity index (χ0) is 16.8. The zero-order valence-electron chi connectivity index (χ0n) is 12.6. The lowest BCUT2D eigenvalue weighted by atomic mass is 10.1. The second-order valence-electron chi connectivity index (χ2n) is 4.88. The summed E-state index contributed by atoms with van der Waals surface area (Å²) in [6.07, 6.45) is 4.69. The summed E-state index contributed by atoms with van der Waals surface area (Å²) >= 11 is 0. The van der Waals surface area contributed by atoms with Crippen molar-refractivity contribution < 1.29 is 10.0 Å². The molecule has 0 fully saturated rings. The van der Waals surface area contributed by atoms with Crippen molar-refractivity contribution in [1.29, 1.82) is 0 Å². The van der Waals surface area contributed by atoms with E-state index in [-0.39, 0.29) is 11.1 Å². The molecule has 2 aromatic rings. The van der Waals surface area contributed by atoms with Crippen LogP contribution in [-0.4, -0.2) is 33.4 Å². The summed E-state index contributed by atoms with van der Waals surface area (Å²) in [6.45, 7) is 2.50. The number of hydrogen-bond donors (Lipinski definition) is 3. The maximum atomic E-state index is 12.4. The molecule has 0 saturated heterocycles. The number of carbonyl (C=O) groups excluding carboxylic acids is 1. The van der Waals surface area contributed by atoms with Crippen LogP contribution in [0.3, 0.4) is 0 Å². The third-order valence-corrected chi connectivity index (χ3v) is 3.10. The van der Waals surface area contributed by atoms with Crippen LogP contribution in [0.25, 0.3) is 10.9 Å². The molecule has 1 heterocycles. The predicted molar refractivity (Wildman–Crippen MR) is 86.6 cm³/mol. The first kappa shape index (κ1) is 16.4. The molecule has 8 nitrogen and oxygen atoms in total. The Kier molecular flexibility index (Phi) is 5.21. The number of aliphatic imine (C=N–C) groups is 1. The van der Waals surface area contributed by atoms with Crippen LogP contribution in [0.5, 0.6) is 0 Å². The molecule has 0 aliphatic rings. The quantitative estimate of drug-likeness (QED) is 0.420. The van der Waals surface area contributed by atoms with Gasteiger partial charge < -0.3 is 5.73 Å². The number of rotatable bonds is 5. The smallest absolute Gasteiger partial charge is 0.274 e. The first-order valence-electron chi connectivity index (χ1n) is 6.88. The minimum absolute atomic E-state index is 0.179. The molecule has 0 unspecified atom stereocenters. The summed E-state index contributed by atoms with van der Waals surface area (Å²) in [7, 11) is 0. The molecule has 0 atom stereocenters. The Morgan fingerprint density at radius 3 is 3.00 bits per heavy atom. The minimum atomic E-state index is -0.685.